The summed E-state index contributed by atoms with van der Waals surface area (Å²) in [6.07, 6.45) is -1.22. The Hall–Kier alpha value is -1.66. The molecule has 2 aromatic carbocycles. The molecule has 4 N–H and O–H groups in total. The first kappa shape index (κ1) is 21.6. The van der Waals surface area contributed by atoms with Crippen LogP contribution in [0.2, 0.25) is 0 Å². The molecular formula is C20H23Cl2FN2O2. The van der Waals surface area contributed by atoms with Crippen LogP contribution in [0.15, 0.2) is 48.5 Å². The first-order chi connectivity index (χ1) is 12.6. The maximum absolute atomic E-state index is 13.2. The average Bonchev–Trinajstić information content (AvgIpc) is 2.64. The van der Waals surface area contributed by atoms with Crippen LogP contribution in [-0.2, 0) is 10.3 Å². The SMILES string of the molecule is CC(C)(N)c1ccc(-c2ccc([C@@H](O)[C@@H](CF)NC(=O)C(Cl)Cl)cc2)cc1. The van der Waals surface area contributed by atoms with Crippen LogP contribution in [0, 0.1) is 0 Å². The lowest BCUT2D eigenvalue weighted by Gasteiger charge is -2.22. The van der Waals surface area contributed by atoms with Gasteiger partial charge in [-0.3, -0.25) is 4.79 Å². The Balaban J connectivity index is 2.15. The number of rotatable bonds is 7. The summed E-state index contributed by atoms with van der Waals surface area (Å²) in [4.78, 5) is 10.2. The summed E-state index contributed by atoms with van der Waals surface area (Å²) in [6, 6.07) is 13.8. The van der Waals surface area contributed by atoms with Crippen molar-refractivity contribution in [1.29, 1.82) is 0 Å². The molecule has 0 radical (unpaired) electrons. The lowest BCUT2D eigenvalue weighted by atomic mass is 9.93. The Morgan fingerprint density at radius 1 is 1.11 bits per heavy atom. The number of halogens is 3. The molecule has 0 unspecified atom stereocenters. The topological polar surface area (TPSA) is 75.3 Å². The van der Waals surface area contributed by atoms with Crippen molar-refractivity contribution in [1.82, 2.24) is 5.32 Å². The number of hydrogen-bond donors (Lipinski definition) is 3. The third-order valence-corrected chi connectivity index (χ3v) is 4.68. The van der Waals surface area contributed by atoms with Crippen LogP contribution in [0.3, 0.4) is 0 Å². The number of benzene rings is 2. The van der Waals surface area contributed by atoms with Crippen LogP contribution in [0.4, 0.5) is 4.39 Å². The van der Waals surface area contributed by atoms with Crippen molar-refractivity contribution in [3.8, 4) is 11.1 Å². The quantitative estimate of drug-likeness (QED) is 0.604. The van der Waals surface area contributed by atoms with Crippen molar-refractivity contribution < 1.29 is 14.3 Å². The van der Waals surface area contributed by atoms with Crippen LogP contribution in [0.1, 0.15) is 31.1 Å². The fourth-order valence-electron chi connectivity index (χ4n) is 2.64. The molecule has 7 heteroatoms. The van der Waals surface area contributed by atoms with Crippen LogP contribution >= 0.6 is 23.2 Å². The zero-order chi connectivity index (χ0) is 20.2. The zero-order valence-corrected chi connectivity index (χ0v) is 16.6. The highest BCUT2D eigenvalue weighted by Gasteiger charge is 2.25. The molecular weight excluding hydrogens is 390 g/mol. The molecule has 0 heterocycles. The van der Waals surface area contributed by atoms with E-state index < -0.39 is 35.1 Å². The summed E-state index contributed by atoms with van der Waals surface area (Å²) in [6.45, 7) is 2.93. The Morgan fingerprint density at radius 3 is 2.00 bits per heavy atom. The first-order valence-corrected chi connectivity index (χ1v) is 9.33. The predicted octanol–water partition coefficient (Wildman–Crippen LogP) is 3.84. The number of carbonyl (C=O) groups is 1. The average molecular weight is 413 g/mol. The normalized spacial score (nSPS) is 14.1. The van der Waals surface area contributed by atoms with E-state index in [-0.39, 0.29) is 0 Å². The Morgan fingerprint density at radius 2 is 1.59 bits per heavy atom. The van der Waals surface area contributed by atoms with Gasteiger partial charge in [0.1, 0.15) is 12.8 Å². The molecule has 27 heavy (non-hydrogen) atoms. The Kier molecular flexibility index (Phi) is 7.23. The van der Waals surface area contributed by atoms with Crippen molar-refractivity contribution in [2.24, 2.45) is 5.73 Å². The fraction of sp³-hybridized carbons (Fsp3) is 0.350. The molecule has 0 spiro atoms. The van der Waals surface area contributed by atoms with Crippen molar-refractivity contribution in [2.45, 2.75) is 36.4 Å². The maximum atomic E-state index is 13.2. The molecule has 0 bridgehead atoms. The molecule has 0 saturated heterocycles. The summed E-state index contributed by atoms with van der Waals surface area (Å²) in [5, 5.41) is 12.6. The van der Waals surface area contributed by atoms with Gasteiger partial charge in [0, 0.05) is 5.54 Å². The molecule has 0 aliphatic rings. The summed E-state index contributed by atoms with van der Waals surface area (Å²) >= 11 is 10.9. The van der Waals surface area contributed by atoms with E-state index in [1.807, 2.05) is 50.2 Å². The van der Waals surface area contributed by atoms with Crippen LogP contribution in [0.25, 0.3) is 11.1 Å². The maximum Gasteiger partial charge on any atom is 0.253 e. The molecule has 0 saturated carbocycles. The Labute approximate surface area is 168 Å². The number of nitrogens with two attached hydrogens (primary N) is 1. The van der Waals surface area contributed by atoms with Gasteiger partial charge in [0.2, 0.25) is 0 Å². The smallest absolute Gasteiger partial charge is 0.253 e. The van der Waals surface area contributed by atoms with Gasteiger partial charge in [0.25, 0.3) is 5.91 Å². The fourth-order valence-corrected chi connectivity index (χ4v) is 2.77. The van der Waals surface area contributed by atoms with E-state index in [4.69, 9.17) is 28.9 Å². The van der Waals surface area contributed by atoms with Gasteiger partial charge in [-0.05, 0) is 36.1 Å². The summed E-state index contributed by atoms with van der Waals surface area (Å²) < 4.78 is 13.2. The first-order valence-electron chi connectivity index (χ1n) is 8.46. The van der Waals surface area contributed by atoms with Crippen LogP contribution in [-0.4, -0.2) is 28.6 Å². The monoisotopic (exact) mass is 412 g/mol. The van der Waals surface area contributed by atoms with Crippen molar-refractivity contribution in [3.05, 3.63) is 59.7 Å². The molecule has 4 nitrogen and oxygen atoms in total. The molecule has 2 atom stereocenters. The second-order valence-corrected chi connectivity index (χ2v) is 8.03. The van der Waals surface area contributed by atoms with Gasteiger partial charge in [0.05, 0.1) is 6.04 Å². The highest BCUT2D eigenvalue weighted by Crippen LogP contribution is 2.26. The molecule has 0 fully saturated rings. The van der Waals surface area contributed by atoms with E-state index in [1.165, 1.54) is 0 Å². The van der Waals surface area contributed by atoms with Crippen molar-refractivity contribution >= 4 is 29.1 Å². The number of hydrogen-bond acceptors (Lipinski definition) is 3. The number of alkyl halides is 3. The molecule has 1 amide bonds. The highest BCUT2D eigenvalue weighted by molar-refractivity contribution is 6.53. The predicted molar refractivity (Wildman–Crippen MR) is 107 cm³/mol. The largest absolute Gasteiger partial charge is 0.386 e. The van der Waals surface area contributed by atoms with Gasteiger partial charge in [-0.15, -0.1) is 0 Å². The zero-order valence-electron chi connectivity index (χ0n) is 15.1. The third kappa shape index (κ3) is 5.66. The molecule has 146 valence electrons. The van der Waals surface area contributed by atoms with E-state index in [1.54, 1.807) is 12.1 Å². The number of aliphatic hydroxyl groups is 1. The van der Waals surface area contributed by atoms with Gasteiger partial charge in [-0.1, -0.05) is 71.7 Å². The number of carbonyl (C=O) groups excluding carboxylic acids is 1. The molecule has 0 aliphatic carbocycles. The highest BCUT2D eigenvalue weighted by atomic mass is 35.5. The molecule has 0 aromatic heterocycles. The number of amides is 1. The summed E-state index contributed by atoms with van der Waals surface area (Å²) in [5.41, 5.74) is 9.11. The van der Waals surface area contributed by atoms with E-state index in [9.17, 15) is 14.3 Å². The molecule has 2 rings (SSSR count). The third-order valence-electron chi connectivity index (χ3n) is 4.29. The van der Waals surface area contributed by atoms with Gasteiger partial charge in [-0.2, -0.15) is 0 Å². The second kappa shape index (κ2) is 9.02. The van der Waals surface area contributed by atoms with Gasteiger partial charge in [-0.25, -0.2) is 4.39 Å². The van der Waals surface area contributed by atoms with Gasteiger partial charge in [0.15, 0.2) is 4.84 Å². The Bertz CT molecular complexity index is 759. The minimum absolute atomic E-state index is 0.413. The summed E-state index contributed by atoms with van der Waals surface area (Å²) in [7, 11) is 0. The standard InChI is InChI=1S/C20H23Cl2FN2O2/c1-20(2,24)15-9-7-13(8-10-15)12-3-5-14(6-4-12)17(26)16(11-23)25-19(27)18(21)22/h3-10,16-18,26H,11,24H2,1-2H3,(H,25,27)/t16-,17-/m1/s1. The molecule has 2 aromatic rings. The van der Waals surface area contributed by atoms with E-state index in [0.717, 1.165) is 16.7 Å². The minimum atomic E-state index is -1.32. The minimum Gasteiger partial charge on any atom is -0.386 e. The second-order valence-electron chi connectivity index (χ2n) is 6.94. The van der Waals surface area contributed by atoms with Crippen molar-refractivity contribution in [2.75, 3.05) is 6.67 Å². The number of nitrogens with one attached hydrogen (secondary N) is 1. The number of aliphatic hydroxyl groups excluding tert-OH is 1. The lowest BCUT2D eigenvalue weighted by Crippen LogP contribution is -2.43. The van der Waals surface area contributed by atoms with E-state index >= 15 is 0 Å². The molecule has 0 aliphatic heterocycles. The van der Waals surface area contributed by atoms with E-state index in [0.29, 0.717) is 5.56 Å². The van der Waals surface area contributed by atoms with Crippen molar-refractivity contribution in [3.63, 3.8) is 0 Å². The van der Waals surface area contributed by atoms with Gasteiger partial charge >= 0.3 is 0 Å². The van der Waals surface area contributed by atoms with E-state index in [2.05, 4.69) is 5.32 Å². The van der Waals surface area contributed by atoms with Gasteiger partial charge < -0.3 is 16.2 Å². The lowest BCUT2D eigenvalue weighted by molar-refractivity contribution is -0.121. The van der Waals surface area contributed by atoms with Crippen LogP contribution in [0.5, 0.6) is 0 Å². The van der Waals surface area contributed by atoms with Crippen LogP contribution < -0.4 is 11.1 Å². The summed E-state index contributed by atoms with van der Waals surface area (Å²) in [5.74, 6) is -0.750.